The molecular formula is C8H19N3O2S. The molecule has 6 heteroatoms. The fraction of sp³-hybridized carbons (Fsp3) is 1.00. The summed E-state index contributed by atoms with van der Waals surface area (Å²) >= 11 is 0. The van der Waals surface area contributed by atoms with Crippen LogP contribution in [0, 0.1) is 0 Å². The van der Waals surface area contributed by atoms with Crippen molar-refractivity contribution in [2.24, 2.45) is 5.84 Å². The van der Waals surface area contributed by atoms with Gasteiger partial charge in [0.1, 0.15) is 0 Å². The molecule has 1 fully saturated rings. The van der Waals surface area contributed by atoms with Gasteiger partial charge >= 0.3 is 0 Å². The monoisotopic (exact) mass is 221 g/mol. The van der Waals surface area contributed by atoms with Crippen LogP contribution in [0.3, 0.4) is 0 Å². The quantitative estimate of drug-likeness (QED) is 0.505. The molecule has 14 heavy (non-hydrogen) atoms. The lowest BCUT2D eigenvalue weighted by Crippen LogP contribution is -2.46. The molecule has 1 heterocycles. The first-order valence-corrected chi connectivity index (χ1v) is 6.81. The van der Waals surface area contributed by atoms with Gasteiger partial charge in [0.2, 0.25) is 10.0 Å². The Bertz CT molecular complexity index is 266. The Morgan fingerprint density at radius 3 is 2.71 bits per heavy atom. The third kappa shape index (κ3) is 3.20. The molecule has 5 nitrogen and oxygen atoms in total. The van der Waals surface area contributed by atoms with E-state index in [-0.39, 0.29) is 6.04 Å². The van der Waals surface area contributed by atoms with Crippen molar-refractivity contribution in [3.8, 4) is 0 Å². The SMILES string of the molecule is CS(=O)(=O)N1CCCCCC1CNN. The summed E-state index contributed by atoms with van der Waals surface area (Å²) in [4.78, 5) is 0. The average Bonchev–Trinajstić information content (AvgIpc) is 2.29. The lowest BCUT2D eigenvalue weighted by molar-refractivity contribution is 0.314. The van der Waals surface area contributed by atoms with E-state index in [0.717, 1.165) is 25.7 Å². The van der Waals surface area contributed by atoms with Gasteiger partial charge in [0, 0.05) is 19.1 Å². The maximum Gasteiger partial charge on any atom is 0.211 e. The molecule has 1 rings (SSSR count). The minimum absolute atomic E-state index is 0.0255. The van der Waals surface area contributed by atoms with Gasteiger partial charge in [0.15, 0.2) is 0 Å². The molecule has 0 saturated carbocycles. The van der Waals surface area contributed by atoms with E-state index in [1.807, 2.05) is 0 Å². The Labute approximate surface area is 85.7 Å². The molecular weight excluding hydrogens is 202 g/mol. The van der Waals surface area contributed by atoms with Crippen molar-refractivity contribution in [1.82, 2.24) is 9.73 Å². The minimum atomic E-state index is -3.08. The highest BCUT2D eigenvalue weighted by atomic mass is 32.2. The van der Waals surface area contributed by atoms with E-state index in [0.29, 0.717) is 13.1 Å². The predicted octanol–water partition coefficient (Wildman–Crippen LogP) is -0.346. The van der Waals surface area contributed by atoms with E-state index >= 15 is 0 Å². The van der Waals surface area contributed by atoms with Crippen molar-refractivity contribution in [1.29, 1.82) is 0 Å². The molecule has 1 unspecified atom stereocenters. The molecule has 0 spiro atoms. The molecule has 84 valence electrons. The molecule has 1 saturated heterocycles. The van der Waals surface area contributed by atoms with Crippen LogP contribution in [-0.2, 0) is 10.0 Å². The molecule has 3 N–H and O–H groups in total. The second kappa shape index (κ2) is 5.06. The van der Waals surface area contributed by atoms with Gasteiger partial charge in [-0.25, -0.2) is 8.42 Å². The molecule has 1 aliphatic rings. The standard InChI is InChI=1S/C8H19N3O2S/c1-14(12,13)11-6-4-2-3-5-8(11)7-10-9/h8,10H,2-7,9H2,1H3. The van der Waals surface area contributed by atoms with Gasteiger partial charge in [-0.3, -0.25) is 11.3 Å². The highest BCUT2D eigenvalue weighted by Crippen LogP contribution is 2.18. The smallest absolute Gasteiger partial charge is 0.211 e. The van der Waals surface area contributed by atoms with E-state index in [2.05, 4.69) is 5.43 Å². The first-order valence-electron chi connectivity index (χ1n) is 4.96. The van der Waals surface area contributed by atoms with Crippen molar-refractivity contribution in [2.75, 3.05) is 19.3 Å². The van der Waals surface area contributed by atoms with E-state index in [1.165, 1.54) is 6.26 Å². The Morgan fingerprint density at radius 2 is 2.14 bits per heavy atom. The lowest BCUT2D eigenvalue weighted by Gasteiger charge is -2.27. The van der Waals surface area contributed by atoms with Crippen LogP contribution in [0.5, 0.6) is 0 Å². The summed E-state index contributed by atoms with van der Waals surface area (Å²) in [5, 5.41) is 0. The average molecular weight is 221 g/mol. The summed E-state index contributed by atoms with van der Waals surface area (Å²) in [6.07, 6.45) is 5.30. The van der Waals surface area contributed by atoms with E-state index in [1.54, 1.807) is 4.31 Å². The first kappa shape index (κ1) is 11.9. The molecule has 0 bridgehead atoms. The highest BCUT2D eigenvalue weighted by molar-refractivity contribution is 7.88. The van der Waals surface area contributed by atoms with Crippen LogP contribution in [-0.4, -0.2) is 38.1 Å². The zero-order valence-electron chi connectivity index (χ0n) is 8.57. The fourth-order valence-corrected chi connectivity index (χ4v) is 3.11. The summed E-state index contributed by atoms with van der Waals surface area (Å²) in [5.41, 5.74) is 2.56. The summed E-state index contributed by atoms with van der Waals surface area (Å²) in [6, 6.07) is 0.0255. The summed E-state index contributed by atoms with van der Waals surface area (Å²) in [7, 11) is -3.08. The predicted molar refractivity (Wildman–Crippen MR) is 56.0 cm³/mol. The van der Waals surface area contributed by atoms with Crippen LogP contribution < -0.4 is 11.3 Å². The van der Waals surface area contributed by atoms with E-state index in [9.17, 15) is 8.42 Å². The summed E-state index contributed by atoms with van der Waals surface area (Å²) in [6.45, 7) is 1.16. The van der Waals surface area contributed by atoms with Crippen molar-refractivity contribution in [3.63, 3.8) is 0 Å². The summed E-state index contributed by atoms with van der Waals surface area (Å²) < 4.78 is 24.5. The number of hydrogen-bond donors (Lipinski definition) is 2. The van der Waals surface area contributed by atoms with Gasteiger partial charge in [-0.2, -0.15) is 4.31 Å². The second-order valence-electron chi connectivity index (χ2n) is 3.79. The molecule has 0 aromatic carbocycles. The van der Waals surface area contributed by atoms with Crippen molar-refractivity contribution >= 4 is 10.0 Å². The van der Waals surface area contributed by atoms with Crippen molar-refractivity contribution in [2.45, 2.75) is 31.7 Å². The Hall–Kier alpha value is -0.170. The number of nitrogens with zero attached hydrogens (tertiary/aromatic N) is 1. The number of rotatable bonds is 3. The van der Waals surface area contributed by atoms with Crippen LogP contribution in [0.15, 0.2) is 0 Å². The highest BCUT2D eigenvalue weighted by Gasteiger charge is 2.27. The maximum absolute atomic E-state index is 11.5. The van der Waals surface area contributed by atoms with E-state index < -0.39 is 10.0 Å². The van der Waals surface area contributed by atoms with Gasteiger partial charge < -0.3 is 0 Å². The maximum atomic E-state index is 11.5. The number of hydrazine groups is 1. The second-order valence-corrected chi connectivity index (χ2v) is 5.72. The van der Waals surface area contributed by atoms with Gasteiger partial charge in [-0.05, 0) is 12.8 Å². The lowest BCUT2D eigenvalue weighted by atomic mass is 10.1. The van der Waals surface area contributed by atoms with Gasteiger partial charge in [-0.15, -0.1) is 0 Å². The fourth-order valence-electron chi connectivity index (χ4n) is 1.93. The minimum Gasteiger partial charge on any atom is -0.271 e. The molecule has 0 amide bonds. The topological polar surface area (TPSA) is 75.4 Å². The normalized spacial score (nSPS) is 26.0. The number of nitrogens with two attached hydrogens (primary N) is 1. The largest absolute Gasteiger partial charge is 0.271 e. The number of nitrogens with one attached hydrogen (secondary N) is 1. The van der Waals surface area contributed by atoms with Crippen LogP contribution in [0.2, 0.25) is 0 Å². The third-order valence-corrected chi connectivity index (χ3v) is 3.94. The van der Waals surface area contributed by atoms with Crippen LogP contribution in [0.4, 0.5) is 0 Å². The zero-order chi connectivity index (χ0) is 10.6. The Balaban J connectivity index is 2.74. The molecule has 1 atom stereocenters. The number of hydrogen-bond acceptors (Lipinski definition) is 4. The molecule has 0 aliphatic carbocycles. The van der Waals surface area contributed by atoms with Crippen LogP contribution in [0.1, 0.15) is 25.7 Å². The van der Waals surface area contributed by atoms with Crippen molar-refractivity contribution < 1.29 is 8.42 Å². The molecule has 0 radical (unpaired) electrons. The van der Waals surface area contributed by atoms with Gasteiger partial charge in [-0.1, -0.05) is 12.8 Å². The zero-order valence-corrected chi connectivity index (χ0v) is 9.39. The molecule has 0 aromatic rings. The van der Waals surface area contributed by atoms with Crippen LogP contribution >= 0.6 is 0 Å². The molecule has 0 aromatic heterocycles. The van der Waals surface area contributed by atoms with E-state index in [4.69, 9.17) is 5.84 Å². The summed E-state index contributed by atoms with van der Waals surface area (Å²) in [5.74, 6) is 5.24. The Kier molecular flexibility index (Phi) is 4.31. The first-order chi connectivity index (χ1) is 6.55. The van der Waals surface area contributed by atoms with Gasteiger partial charge in [0.05, 0.1) is 6.26 Å². The van der Waals surface area contributed by atoms with Crippen molar-refractivity contribution in [3.05, 3.63) is 0 Å². The third-order valence-electron chi connectivity index (χ3n) is 2.60. The molecule has 1 aliphatic heterocycles. The Morgan fingerprint density at radius 1 is 1.43 bits per heavy atom. The van der Waals surface area contributed by atoms with Crippen LogP contribution in [0.25, 0.3) is 0 Å². The van der Waals surface area contributed by atoms with Gasteiger partial charge in [0.25, 0.3) is 0 Å². The number of sulfonamides is 1.